The number of carbonyl (C=O) groups excluding carboxylic acids is 1. The number of rotatable bonds is 5. The second-order valence-corrected chi connectivity index (χ2v) is 7.16. The lowest BCUT2D eigenvalue weighted by molar-refractivity contribution is 0.102. The number of aryl methyl sites for hydroxylation is 1. The van der Waals surface area contributed by atoms with Gasteiger partial charge >= 0.3 is 0 Å². The molecule has 0 saturated heterocycles. The van der Waals surface area contributed by atoms with Gasteiger partial charge in [0.2, 0.25) is 0 Å². The second kappa shape index (κ2) is 8.64. The number of nitrogens with zero attached hydrogens (tertiary/aromatic N) is 3. The van der Waals surface area contributed by atoms with Gasteiger partial charge in [0.1, 0.15) is 11.5 Å². The summed E-state index contributed by atoms with van der Waals surface area (Å²) in [5, 5.41) is 16.3. The number of hydrogen-bond acceptors (Lipinski definition) is 3. The van der Waals surface area contributed by atoms with Gasteiger partial charge in [-0.1, -0.05) is 42.0 Å². The zero-order valence-electron chi connectivity index (χ0n) is 16.8. The van der Waals surface area contributed by atoms with Gasteiger partial charge in [-0.3, -0.25) is 4.79 Å². The summed E-state index contributed by atoms with van der Waals surface area (Å²) in [7, 11) is 0. The number of aromatic nitrogens is 2. The Morgan fingerprint density at radius 3 is 2.35 bits per heavy atom. The Morgan fingerprint density at radius 2 is 1.71 bits per heavy atom. The van der Waals surface area contributed by atoms with E-state index in [4.69, 9.17) is 5.26 Å². The van der Waals surface area contributed by atoms with E-state index in [0.717, 1.165) is 16.7 Å². The summed E-state index contributed by atoms with van der Waals surface area (Å²) in [4.78, 5) is 13.1. The number of amides is 1. The molecule has 4 aromatic rings. The number of anilines is 1. The van der Waals surface area contributed by atoms with Gasteiger partial charge in [0.15, 0.2) is 0 Å². The number of halogens is 1. The van der Waals surface area contributed by atoms with Crippen LogP contribution < -0.4 is 5.32 Å². The summed E-state index contributed by atoms with van der Waals surface area (Å²) in [6.07, 6.45) is 1.96. The van der Waals surface area contributed by atoms with Gasteiger partial charge < -0.3 is 5.32 Å². The molecule has 0 unspecified atom stereocenters. The van der Waals surface area contributed by atoms with E-state index in [2.05, 4.69) is 16.5 Å². The second-order valence-electron chi connectivity index (χ2n) is 7.16. The first kappa shape index (κ1) is 20.0. The predicted octanol–water partition coefficient (Wildman–Crippen LogP) is 5.31. The van der Waals surface area contributed by atoms with Gasteiger partial charge in [0.05, 0.1) is 23.7 Å². The maximum Gasteiger partial charge on any atom is 0.259 e. The van der Waals surface area contributed by atoms with Crippen LogP contribution in [0.4, 0.5) is 10.1 Å². The summed E-state index contributed by atoms with van der Waals surface area (Å²) < 4.78 is 14.9. The van der Waals surface area contributed by atoms with Crippen molar-refractivity contribution in [3.05, 3.63) is 102 Å². The molecule has 0 aliphatic carbocycles. The molecule has 0 fully saturated rings. The largest absolute Gasteiger partial charge is 0.322 e. The van der Waals surface area contributed by atoms with Crippen LogP contribution in [-0.2, 0) is 6.42 Å². The Morgan fingerprint density at radius 1 is 1.03 bits per heavy atom. The van der Waals surface area contributed by atoms with Crippen LogP contribution in [0.1, 0.15) is 21.5 Å². The maximum absolute atomic E-state index is 13.3. The Balaban J connectivity index is 1.70. The minimum atomic E-state index is -0.340. The molecule has 152 valence electrons. The Bertz CT molecular complexity index is 1250. The topological polar surface area (TPSA) is 70.7 Å². The van der Waals surface area contributed by atoms with Crippen molar-refractivity contribution in [3.63, 3.8) is 0 Å². The summed E-state index contributed by atoms with van der Waals surface area (Å²) in [5.41, 5.74) is 4.99. The lowest BCUT2D eigenvalue weighted by atomic mass is 10.1. The van der Waals surface area contributed by atoms with Gasteiger partial charge in [0, 0.05) is 17.4 Å². The quantitative estimate of drug-likeness (QED) is 0.485. The Kier molecular flexibility index (Phi) is 5.59. The molecular formula is C25H19FN4O. The van der Waals surface area contributed by atoms with Crippen LogP contribution in [0.15, 0.2) is 79.0 Å². The molecule has 0 spiro atoms. The normalized spacial score (nSPS) is 10.5. The summed E-state index contributed by atoms with van der Waals surface area (Å²) in [6.45, 7) is 1.99. The fourth-order valence-corrected chi connectivity index (χ4v) is 3.19. The summed E-state index contributed by atoms with van der Waals surface area (Å²) in [6, 6.07) is 22.9. The Hall–Kier alpha value is -4.24. The first-order valence-corrected chi connectivity index (χ1v) is 9.73. The molecule has 1 aromatic heterocycles. The van der Waals surface area contributed by atoms with Crippen molar-refractivity contribution >= 4 is 11.6 Å². The SMILES string of the molecule is Cc1ccc(-c2nn(-c3ccc(F)cc3)cc2C(=O)Nc2ccc(CC#N)cc2)cc1. The van der Waals surface area contributed by atoms with Crippen LogP contribution >= 0.6 is 0 Å². The highest BCUT2D eigenvalue weighted by atomic mass is 19.1. The van der Waals surface area contributed by atoms with E-state index in [-0.39, 0.29) is 11.7 Å². The van der Waals surface area contributed by atoms with E-state index in [0.29, 0.717) is 29.1 Å². The maximum atomic E-state index is 13.3. The molecule has 3 aromatic carbocycles. The summed E-state index contributed by atoms with van der Waals surface area (Å²) >= 11 is 0. The van der Waals surface area contributed by atoms with E-state index in [9.17, 15) is 9.18 Å². The van der Waals surface area contributed by atoms with Crippen molar-refractivity contribution in [1.82, 2.24) is 9.78 Å². The van der Waals surface area contributed by atoms with Crippen molar-refractivity contribution in [2.75, 3.05) is 5.32 Å². The van der Waals surface area contributed by atoms with E-state index in [1.54, 1.807) is 35.1 Å². The average Bonchev–Trinajstić information content (AvgIpc) is 3.22. The molecule has 0 bridgehead atoms. The molecule has 31 heavy (non-hydrogen) atoms. The van der Waals surface area contributed by atoms with Gasteiger partial charge in [-0.25, -0.2) is 9.07 Å². The zero-order chi connectivity index (χ0) is 21.8. The third kappa shape index (κ3) is 4.51. The van der Waals surface area contributed by atoms with Crippen LogP contribution in [0.5, 0.6) is 0 Å². The highest BCUT2D eigenvalue weighted by molar-refractivity contribution is 6.08. The van der Waals surface area contributed by atoms with Crippen molar-refractivity contribution in [1.29, 1.82) is 5.26 Å². The number of benzene rings is 3. The molecule has 0 radical (unpaired) electrons. The number of hydrogen-bond donors (Lipinski definition) is 1. The molecule has 0 saturated carbocycles. The molecule has 1 amide bonds. The standard InChI is InChI=1S/C25H19FN4O/c1-17-2-6-19(7-3-17)24-23(16-30(29-24)22-12-8-20(26)9-13-22)25(31)28-21-10-4-18(5-11-21)14-15-27/h2-13,16H,14H2,1H3,(H,28,31). The highest BCUT2D eigenvalue weighted by Crippen LogP contribution is 2.25. The number of nitrogens with one attached hydrogen (secondary N) is 1. The molecule has 4 rings (SSSR count). The molecular weight excluding hydrogens is 391 g/mol. The summed E-state index contributed by atoms with van der Waals surface area (Å²) in [5.74, 6) is -0.649. The molecule has 0 atom stereocenters. The minimum Gasteiger partial charge on any atom is -0.322 e. The van der Waals surface area contributed by atoms with Gasteiger partial charge in [0.25, 0.3) is 5.91 Å². The van der Waals surface area contributed by atoms with Gasteiger partial charge in [-0.15, -0.1) is 0 Å². The van der Waals surface area contributed by atoms with Crippen LogP contribution in [0.2, 0.25) is 0 Å². The van der Waals surface area contributed by atoms with Crippen LogP contribution in [-0.4, -0.2) is 15.7 Å². The van der Waals surface area contributed by atoms with Crippen molar-refractivity contribution < 1.29 is 9.18 Å². The third-order valence-corrected chi connectivity index (χ3v) is 4.87. The smallest absolute Gasteiger partial charge is 0.259 e. The molecule has 5 nitrogen and oxygen atoms in total. The third-order valence-electron chi connectivity index (χ3n) is 4.87. The van der Waals surface area contributed by atoms with Crippen LogP contribution in [0.3, 0.4) is 0 Å². The van der Waals surface area contributed by atoms with Crippen molar-refractivity contribution in [3.8, 4) is 23.0 Å². The molecule has 0 aliphatic rings. The molecule has 0 aliphatic heterocycles. The fraction of sp³-hybridized carbons (Fsp3) is 0.0800. The van der Waals surface area contributed by atoms with Gasteiger partial charge in [-0.2, -0.15) is 10.4 Å². The van der Waals surface area contributed by atoms with Crippen molar-refractivity contribution in [2.45, 2.75) is 13.3 Å². The number of carbonyl (C=O) groups is 1. The lowest BCUT2D eigenvalue weighted by Gasteiger charge is -2.06. The monoisotopic (exact) mass is 410 g/mol. The average molecular weight is 410 g/mol. The highest BCUT2D eigenvalue weighted by Gasteiger charge is 2.19. The fourth-order valence-electron chi connectivity index (χ4n) is 3.19. The lowest BCUT2D eigenvalue weighted by Crippen LogP contribution is -2.12. The van der Waals surface area contributed by atoms with Crippen molar-refractivity contribution in [2.24, 2.45) is 0 Å². The van der Waals surface area contributed by atoms with Crippen LogP contribution in [0.25, 0.3) is 16.9 Å². The Labute approximate surface area is 179 Å². The first-order valence-electron chi connectivity index (χ1n) is 9.73. The predicted molar refractivity (Wildman–Crippen MR) is 117 cm³/mol. The van der Waals surface area contributed by atoms with Crippen LogP contribution in [0, 0.1) is 24.1 Å². The first-order chi connectivity index (χ1) is 15.0. The van der Waals surface area contributed by atoms with E-state index < -0.39 is 0 Å². The van der Waals surface area contributed by atoms with E-state index in [1.165, 1.54) is 12.1 Å². The van der Waals surface area contributed by atoms with E-state index >= 15 is 0 Å². The number of nitriles is 1. The zero-order valence-corrected chi connectivity index (χ0v) is 16.8. The molecule has 1 heterocycles. The minimum absolute atomic E-state index is 0.308. The molecule has 1 N–H and O–H groups in total. The van der Waals surface area contributed by atoms with E-state index in [1.807, 2.05) is 43.3 Å². The molecule has 6 heteroatoms. The van der Waals surface area contributed by atoms with Gasteiger partial charge in [-0.05, 0) is 48.9 Å².